The number of anilines is 1. The first-order valence-corrected chi connectivity index (χ1v) is 11.2. The Labute approximate surface area is 152 Å². The van der Waals surface area contributed by atoms with E-state index in [9.17, 15) is 0 Å². The van der Waals surface area contributed by atoms with Gasteiger partial charge in [0, 0.05) is 28.8 Å². The van der Waals surface area contributed by atoms with Crippen molar-refractivity contribution >= 4 is 21.7 Å². The SMILES string of the molecule is CC.CC.CNc1ccc(COS(C)(C)C(C)(C)C)cc1C(C)=N. The molecule has 2 N–H and O–H groups in total. The van der Waals surface area contributed by atoms with Gasteiger partial charge < -0.3 is 14.9 Å². The van der Waals surface area contributed by atoms with Crippen LogP contribution in [-0.4, -0.2) is 30.0 Å². The molecule has 1 rings (SSSR count). The van der Waals surface area contributed by atoms with E-state index in [1.165, 1.54) is 0 Å². The summed E-state index contributed by atoms with van der Waals surface area (Å²) in [4.78, 5) is 0. The molecule has 24 heavy (non-hydrogen) atoms. The molecule has 0 saturated carbocycles. The van der Waals surface area contributed by atoms with E-state index in [1.54, 1.807) is 0 Å². The van der Waals surface area contributed by atoms with Crippen LogP contribution < -0.4 is 5.32 Å². The molecule has 1 aromatic rings. The minimum absolute atomic E-state index is 0.165. The van der Waals surface area contributed by atoms with Gasteiger partial charge in [0.25, 0.3) is 0 Å². The lowest BCUT2D eigenvalue weighted by Crippen LogP contribution is -2.25. The molecule has 0 saturated heterocycles. The first-order chi connectivity index (χ1) is 11.1. The van der Waals surface area contributed by atoms with Crippen LogP contribution in [0.25, 0.3) is 0 Å². The summed E-state index contributed by atoms with van der Waals surface area (Å²) in [7, 11) is 0.766. The molecule has 1 aromatic carbocycles. The zero-order valence-corrected chi connectivity index (χ0v) is 18.6. The number of benzene rings is 1. The average Bonchev–Trinajstić information content (AvgIpc) is 2.55. The Morgan fingerprint density at radius 2 is 1.62 bits per heavy atom. The first kappa shape index (κ1) is 25.2. The van der Waals surface area contributed by atoms with E-state index in [0.29, 0.717) is 12.3 Å². The standard InChI is InChI=1S/C16H28N2OS.2C2H6/c1-12(17)14-10-13(8-9-15(14)18-5)11-19-20(6,7)16(2,3)4;2*1-2/h8-10,17-18H,11H2,1-7H3;2*1-2H3. The fourth-order valence-electron chi connectivity index (χ4n) is 1.60. The van der Waals surface area contributed by atoms with Crippen LogP contribution in [0.2, 0.25) is 0 Å². The predicted molar refractivity (Wildman–Crippen MR) is 115 cm³/mol. The summed E-state index contributed by atoms with van der Waals surface area (Å²) in [5.74, 6) is 0. The molecular formula is C20H40N2OS. The summed E-state index contributed by atoms with van der Waals surface area (Å²) in [6.45, 7) is 17.1. The molecule has 0 spiro atoms. The molecule has 0 aliphatic carbocycles. The summed E-state index contributed by atoms with van der Waals surface area (Å²) in [6, 6.07) is 6.13. The minimum atomic E-state index is -1.11. The van der Waals surface area contributed by atoms with Gasteiger partial charge in [-0.05, 0) is 37.1 Å². The lowest BCUT2D eigenvalue weighted by Gasteiger charge is -2.43. The van der Waals surface area contributed by atoms with Gasteiger partial charge in [-0.3, -0.25) is 0 Å². The maximum atomic E-state index is 7.85. The van der Waals surface area contributed by atoms with Gasteiger partial charge in [-0.2, -0.15) is 0 Å². The summed E-state index contributed by atoms with van der Waals surface area (Å²) in [6.07, 6.45) is 4.41. The van der Waals surface area contributed by atoms with E-state index in [-0.39, 0.29) is 4.75 Å². The van der Waals surface area contributed by atoms with Crippen LogP contribution in [0.4, 0.5) is 5.69 Å². The van der Waals surface area contributed by atoms with Gasteiger partial charge in [0.1, 0.15) is 0 Å². The number of rotatable bonds is 5. The third-order valence-corrected chi connectivity index (χ3v) is 7.41. The first-order valence-electron chi connectivity index (χ1n) is 8.82. The van der Waals surface area contributed by atoms with Crippen molar-refractivity contribution in [2.24, 2.45) is 0 Å². The van der Waals surface area contributed by atoms with Gasteiger partial charge >= 0.3 is 0 Å². The van der Waals surface area contributed by atoms with E-state index in [4.69, 9.17) is 9.59 Å². The maximum absolute atomic E-state index is 7.85. The second-order valence-electron chi connectivity index (χ2n) is 6.36. The van der Waals surface area contributed by atoms with E-state index < -0.39 is 10.3 Å². The van der Waals surface area contributed by atoms with Crippen LogP contribution in [0.15, 0.2) is 18.2 Å². The highest BCUT2D eigenvalue weighted by Crippen LogP contribution is 2.54. The molecule has 0 bridgehead atoms. The van der Waals surface area contributed by atoms with Gasteiger partial charge in [-0.1, -0.05) is 54.5 Å². The molecule has 0 aliphatic heterocycles. The molecule has 0 amide bonds. The highest BCUT2D eigenvalue weighted by molar-refractivity contribution is 8.29. The van der Waals surface area contributed by atoms with Gasteiger partial charge in [-0.25, -0.2) is 0 Å². The van der Waals surface area contributed by atoms with Gasteiger partial charge in [0.05, 0.1) is 6.61 Å². The molecule has 142 valence electrons. The van der Waals surface area contributed by atoms with Crippen LogP contribution in [0.3, 0.4) is 0 Å². The molecule has 0 fully saturated rings. The highest BCUT2D eigenvalue weighted by Gasteiger charge is 2.28. The summed E-state index contributed by atoms with van der Waals surface area (Å²) < 4.78 is 6.35. The number of nitrogens with one attached hydrogen (secondary N) is 2. The Morgan fingerprint density at radius 1 is 1.12 bits per heavy atom. The lowest BCUT2D eigenvalue weighted by molar-refractivity contribution is 0.339. The largest absolute Gasteiger partial charge is 0.388 e. The Kier molecular flexibility index (Phi) is 12.1. The van der Waals surface area contributed by atoms with E-state index >= 15 is 0 Å². The molecule has 0 radical (unpaired) electrons. The van der Waals surface area contributed by atoms with Crippen LogP contribution >= 0.6 is 10.3 Å². The smallest absolute Gasteiger partial charge is 0.0843 e. The number of hydrogen-bond donors (Lipinski definition) is 2. The maximum Gasteiger partial charge on any atom is 0.0843 e. The quantitative estimate of drug-likeness (QED) is 0.594. The topological polar surface area (TPSA) is 45.1 Å². The van der Waals surface area contributed by atoms with Crippen LogP contribution in [0, 0.1) is 5.41 Å². The highest BCUT2D eigenvalue weighted by atomic mass is 32.3. The summed E-state index contributed by atoms with van der Waals surface area (Å²) >= 11 is 0. The molecule has 0 unspecified atom stereocenters. The Hall–Kier alpha value is -1.00. The van der Waals surface area contributed by atoms with Crippen LogP contribution in [0.1, 0.15) is 66.5 Å². The molecule has 4 heteroatoms. The van der Waals surface area contributed by atoms with Crippen molar-refractivity contribution in [3.63, 3.8) is 0 Å². The lowest BCUT2D eigenvalue weighted by atomic mass is 10.1. The van der Waals surface area contributed by atoms with Crippen LogP contribution in [-0.2, 0) is 10.8 Å². The monoisotopic (exact) mass is 356 g/mol. The number of hydrogen-bond acceptors (Lipinski definition) is 3. The van der Waals surface area contributed by atoms with E-state index in [1.807, 2.05) is 53.8 Å². The predicted octanol–water partition coefficient (Wildman–Crippen LogP) is 6.46. The van der Waals surface area contributed by atoms with Crippen molar-refractivity contribution in [3.05, 3.63) is 29.3 Å². The van der Waals surface area contributed by atoms with Crippen molar-refractivity contribution in [2.75, 3.05) is 24.9 Å². The molecular weight excluding hydrogens is 316 g/mol. The van der Waals surface area contributed by atoms with Crippen molar-refractivity contribution < 1.29 is 4.18 Å². The van der Waals surface area contributed by atoms with Gasteiger partial charge in [-0.15, -0.1) is 10.3 Å². The van der Waals surface area contributed by atoms with Crippen LogP contribution in [0.5, 0.6) is 0 Å². The average molecular weight is 357 g/mol. The van der Waals surface area contributed by atoms with Crippen molar-refractivity contribution in [3.8, 4) is 0 Å². The third kappa shape index (κ3) is 7.71. The molecule has 0 heterocycles. The Morgan fingerprint density at radius 3 is 2.00 bits per heavy atom. The minimum Gasteiger partial charge on any atom is -0.388 e. The second kappa shape index (κ2) is 11.5. The Bertz CT molecular complexity index is 491. The van der Waals surface area contributed by atoms with Crippen molar-refractivity contribution in [1.29, 1.82) is 5.41 Å². The summed E-state index contributed by atoms with van der Waals surface area (Å²) in [5.41, 5.74) is 3.62. The third-order valence-electron chi connectivity index (χ3n) is 3.75. The Balaban J connectivity index is 0. The molecule has 3 nitrogen and oxygen atoms in total. The zero-order valence-electron chi connectivity index (χ0n) is 17.8. The van der Waals surface area contributed by atoms with Gasteiger partial charge in [0.15, 0.2) is 0 Å². The van der Waals surface area contributed by atoms with Crippen molar-refractivity contribution in [2.45, 2.75) is 66.7 Å². The fraction of sp³-hybridized carbons (Fsp3) is 0.650. The van der Waals surface area contributed by atoms with Gasteiger partial charge in [0.2, 0.25) is 0 Å². The van der Waals surface area contributed by atoms with E-state index in [2.05, 4.69) is 44.7 Å². The molecule has 0 aliphatic rings. The van der Waals surface area contributed by atoms with Crippen molar-refractivity contribution in [1.82, 2.24) is 0 Å². The van der Waals surface area contributed by atoms with E-state index in [0.717, 1.165) is 16.8 Å². The molecule has 0 aromatic heterocycles. The zero-order chi connectivity index (χ0) is 19.6. The second-order valence-corrected chi connectivity index (χ2v) is 10.3. The molecule has 0 atom stereocenters. The normalized spacial score (nSPS) is 11.5. The summed E-state index contributed by atoms with van der Waals surface area (Å²) in [5, 5.41) is 11.0. The fourth-order valence-corrected chi connectivity index (χ4v) is 2.39.